The second-order valence-electron chi connectivity index (χ2n) is 8.71. The zero-order valence-corrected chi connectivity index (χ0v) is 20.5. The van der Waals surface area contributed by atoms with Crippen LogP contribution in [0.1, 0.15) is 34.1 Å². The Bertz CT molecular complexity index is 788. The van der Waals surface area contributed by atoms with Gasteiger partial charge in [0.15, 0.2) is 0 Å². The number of rotatable bonds is 9. The van der Waals surface area contributed by atoms with Gasteiger partial charge in [0.1, 0.15) is 0 Å². The number of aliphatic hydroxyl groups is 1. The van der Waals surface area contributed by atoms with Crippen molar-refractivity contribution in [1.82, 2.24) is 5.32 Å². The fourth-order valence-electron chi connectivity index (χ4n) is 3.47. The molecular formula is C24H34F3NO4Si. The molecule has 3 N–H and O–H groups in total. The molecule has 2 aromatic rings. The number of aliphatic carboxylic acids is 1. The highest BCUT2D eigenvalue weighted by Crippen LogP contribution is 2.36. The molecular weight excluding hydrogens is 451 g/mol. The van der Waals surface area contributed by atoms with Crippen LogP contribution in [0.5, 0.6) is 0 Å². The molecule has 5 nitrogen and oxygen atoms in total. The molecule has 0 unspecified atom stereocenters. The minimum absolute atomic E-state index is 0.0154. The number of nitrogens with one attached hydrogen (secondary N) is 1. The molecule has 0 aliphatic rings. The summed E-state index contributed by atoms with van der Waals surface area (Å²) in [7, 11) is -2.41. The van der Waals surface area contributed by atoms with Crippen LogP contribution in [0.4, 0.5) is 13.2 Å². The molecule has 0 saturated heterocycles. The minimum atomic E-state index is -5.08. The lowest BCUT2D eigenvalue weighted by Crippen LogP contribution is -2.66. The average molecular weight is 486 g/mol. The van der Waals surface area contributed by atoms with Gasteiger partial charge in [-0.3, -0.25) is 0 Å². The largest absolute Gasteiger partial charge is 0.490 e. The second-order valence-corrected chi connectivity index (χ2v) is 13.0. The van der Waals surface area contributed by atoms with Gasteiger partial charge in [0, 0.05) is 12.6 Å². The summed E-state index contributed by atoms with van der Waals surface area (Å²) in [5, 5.41) is 22.2. The number of hydrogen-bond donors (Lipinski definition) is 3. The normalized spacial score (nSPS) is 13.1. The van der Waals surface area contributed by atoms with Gasteiger partial charge in [-0.25, -0.2) is 4.79 Å². The van der Waals surface area contributed by atoms with Crippen molar-refractivity contribution in [1.29, 1.82) is 0 Å². The third-order valence-corrected chi connectivity index (χ3v) is 10.1. The molecule has 0 heterocycles. The van der Waals surface area contributed by atoms with E-state index in [1.54, 1.807) is 0 Å². The molecule has 9 heteroatoms. The van der Waals surface area contributed by atoms with Crippen LogP contribution in [0, 0.1) is 0 Å². The SMILES string of the molecule is C[C@@H](CO)NCCCO[Si](c1ccccc1)(c1ccccc1)C(C)(C)C.O=C(O)C(F)(F)F. The summed E-state index contributed by atoms with van der Waals surface area (Å²) in [5.41, 5.74) is 0. The van der Waals surface area contributed by atoms with Gasteiger partial charge < -0.3 is 20.0 Å². The molecule has 0 aromatic heterocycles. The highest BCUT2D eigenvalue weighted by molar-refractivity contribution is 6.99. The first-order valence-electron chi connectivity index (χ1n) is 10.8. The lowest BCUT2D eigenvalue weighted by Gasteiger charge is -2.43. The van der Waals surface area contributed by atoms with E-state index in [1.807, 2.05) is 6.92 Å². The van der Waals surface area contributed by atoms with E-state index >= 15 is 0 Å². The molecule has 0 amide bonds. The number of aliphatic hydroxyl groups excluding tert-OH is 1. The molecule has 0 saturated carbocycles. The predicted octanol–water partition coefficient (Wildman–Crippen LogP) is 3.56. The summed E-state index contributed by atoms with van der Waals surface area (Å²) in [6.07, 6.45) is -4.16. The van der Waals surface area contributed by atoms with Crippen molar-refractivity contribution in [3.05, 3.63) is 60.7 Å². The van der Waals surface area contributed by atoms with Crippen molar-refractivity contribution in [2.24, 2.45) is 0 Å². The standard InChI is InChI=1S/C22H33NO2Si.C2HF3O2/c1-19(18-24)23-16-11-17-25-26(22(2,3)4,20-12-7-5-8-13-20)21-14-9-6-10-15-21;3-2(4,5)1(6)7/h5-10,12-15,19,23-24H,11,16-18H2,1-4H3;(H,6,7)/t19-;/m0./s1. The van der Waals surface area contributed by atoms with Gasteiger partial charge >= 0.3 is 12.1 Å². The van der Waals surface area contributed by atoms with Crippen LogP contribution in [-0.2, 0) is 9.22 Å². The Hall–Kier alpha value is -2.20. The van der Waals surface area contributed by atoms with Crippen LogP contribution in [-0.4, -0.2) is 56.5 Å². The minimum Gasteiger partial charge on any atom is -0.475 e. The summed E-state index contributed by atoms with van der Waals surface area (Å²) in [4.78, 5) is 8.90. The van der Waals surface area contributed by atoms with Gasteiger partial charge in [-0.15, -0.1) is 0 Å². The summed E-state index contributed by atoms with van der Waals surface area (Å²) >= 11 is 0. The van der Waals surface area contributed by atoms with Crippen LogP contribution < -0.4 is 15.7 Å². The predicted molar refractivity (Wildman–Crippen MR) is 126 cm³/mol. The van der Waals surface area contributed by atoms with Crippen LogP contribution in [0.2, 0.25) is 5.04 Å². The third kappa shape index (κ3) is 8.58. The summed E-state index contributed by atoms with van der Waals surface area (Å²) in [6, 6.07) is 21.6. The Morgan fingerprint density at radius 2 is 1.42 bits per heavy atom. The lowest BCUT2D eigenvalue weighted by atomic mass is 10.2. The highest BCUT2D eigenvalue weighted by atomic mass is 28.4. The quantitative estimate of drug-likeness (QED) is 0.374. The summed E-state index contributed by atoms with van der Waals surface area (Å²) < 4.78 is 38.6. The van der Waals surface area contributed by atoms with Crippen LogP contribution in [0.25, 0.3) is 0 Å². The number of carboxylic acid groups (broad SMARTS) is 1. The van der Waals surface area contributed by atoms with Crippen LogP contribution >= 0.6 is 0 Å². The first-order chi connectivity index (χ1) is 15.4. The number of halogens is 3. The Labute approximate surface area is 194 Å². The maximum absolute atomic E-state index is 10.6. The molecule has 1 atom stereocenters. The second kappa shape index (κ2) is 12.9. The molecule has 184 valence electrons. The van der Waals surface area contributed by atoms with E-state index in [2.05, 4.69) is 86.8 Å². The molecule has 0 aliphatic carbocycles. The van der Waals surface area contributed by atoms with Gasteiger partial charge in [-0.1, -0.05) is 81.4 Å². The fourth-order valence-corrected chi connectivity index (χ4v) is 8.08. The zero-order chi connectivity index (χ0) is 25.1. The average Bonchev–Trinajstić information content (AvgIpc) is 2.76. The van der Waals surface area contributed by atoms with E-state index in [0.29, 0.717) is 6.61 Å². The Morgan fingerprint density at radius 3 is 1.76 bits per heavy atom. The van der Waals surface area contributed by atoms with Gasteiger partial charge in [0.25, 0.3) is 8.32 Å². The molecule has 0 spiro atoms. The number of alkyl halides is 3. The fraction of sp³-hybridized carbons (Fsp3) is 0.458. The van der Waals surface area contributed by atoms with E-state index in [4.69, 9.17) is 19.4 Å². The molecule has 0 fully saturated rings. The molecule has 0 bridgehead atoms. The zero-order valence-electron chi connectivity index (χ0n) is 19.5. The van der Waals surface area contributed by atoms with Crippen molar-refractivity contribution >= 4 is 24.7 Å². The number of carboxylic acids is 1. The maximum atomic E-state index is 10.6. The van der Waals surface area contributed by atoms with Gasteiger partial charge in [-0.05, 0) is 35.3 Å². The van der Waals surface area contributed by atoms with E-state index in [-0.39, 0.29) is 17.7 Å². The molecule has 33 heavy (non-hydrogen) atoms. The number of hydrogen-bond acceptors (Lipinski definition) is 4. The van der Waals surface area contributed by atoms with E-state index in [9.17, 15) is 13.2 Å². The number of benzene rings is 2. The van der Waals surface area contributed by atoms with Crippen molar-refractivity contribution in [2.45, 2.75) is 51.4 Å². The van der Waals surface area contributed by atoms with Crippen LogP contribution in [0.3, 0.4) is 0 Å². The smallest absolute Gasteiger partial charge is 0.475 e. The first kappa shape index (κ1) is 28.8. The van der Waals surface area contributed by atoms with E-state index < -0.39 is 20.5 Å². The molecule has 2 rings (SSSR count). The van der Waals surface area contributed by atoms with Gasteiger partial charge in [0.2, 0.25) is 0 Å². The van der Waals surface area contributed by atoms with Gasteiger partial charge in [0.05, 0.1) is 6.61 Å². The Balaban J connectivity index is 0.000000675. The first-order valence-corrected chi connectivity index (χ1v) is 12.7. The van der Waals surface area contributed by atoms with Crippen molar-refractivity contribution < 1.29 is 32.6 Å². The monoisotopic (exact) mass is 485 g/mol. The Kier molecular flexibility index (Phi) is 11.3. The number of carbonyl (C=O) groups is 1. The molecule has 2 aromatic carbocycles. The molecule has 0 aliphatic heterocycles. The third-order valence-electron chi connectivity index (χ3n) is 5.07. The molecule has 0 radical (unpaired) electrons. The van der Waals surface area contributed by atoms with E-state index in [1.165, 1.54) is 10.4 Å². The van der Waals surface area contributed by atoms with Crippen molar-refractivity contribution in [2.75, 3.05) is 19.8 Å². The van der Waals surface area contributed by atoms with Crippen molar-refractivity contribution in [3.63, 3.8) is 0 Å². The Morgan fingerprint density at radius 1 is 1.00 bits per heavy atom. The topological polar surface area (TPSA) is 78.8 Å². The van der Waals surface area contributed by atoms with Gasteiger partial charge in [-0.2, -0.15) is 13.2 Å². The van der Waals surface area contributed by atoms with Crippen LogP contribution in [0.15, 0.2) is 60.7 Å². The summed E-state index contributed by atoms with van der Waals surface area (Å²) in [6.45, 7) is 10.6. The lowest BCUT2D eigenvalue weighted by molar-refractivity contribution is -0.192. The van der Waals surface area contributed by atoms with Crippen molar-refractivity contribution in [3.8, 4) is 0 Å². The van der Waals surface area contributed by atoms with E-state index in [0.717, 1.165) is 13.0 Å². The maximum Gasteiger partial charge on any atom is 0.490 e. The highest BCUT2D eigenvalue weighted by Gasteiger charge is 2.49. The summed E-state index contributed by atoms with van der Waals surface area (Å²) in [5.74, 6) is -2.76.